The lowest BCUT2D eigenvalue weighted by Gasteiger charge is -2.21. The molecule has 1 fully saturated rings. The molecule has 1 aromatic heterocycles. The molecule has 7 heteroatoms. The van der Waals surface area contributed by atoms with Gasteiger partial charge in [0.1, 0.15) is 12.4 Å². The summed E-state index contributed by atoms with van der Waals surface area (Å²) in [5.74, 6) is 1.37. The van der Waals surface area contributed by atoms with Crippen LogP contribution in [0.1, 0.15) is 43.2 Å². The van der Waals surface area contributed by atoms with Gasteiger partial charge in [0.05, 0.1) is 6.10 Å². The summed E-state index contributed by atoms with van der Waals surface area (Å²) in [6.07, 6.45) is 5.83. The number of nitrogens with one attached hydrogen (secondary N) is 1. The maximum absolute atomic E-state index is 10.2. The Kier molecular flexibility index (Phi) is 7.16. The molecule has 1 aliphatic rings. The van der Waals surface area contributed by atoms with Crippen LogP contribution in [0.3, 0.4) is 0 Å². The highest BCUT2D eigenvalue weighted by Gasteiger charge is 2.16. The van der Waals surface area contributed by atoms with Gasteiger partial charge in [-0.05, 0) is 38.3 Å². The van der Waals surface area contributed by atoms with Crippen LogP contribution in [0, 0.1) is 13.8 Å². The summed E-state index contributed by atoms with van der Waals surface area (Å²) in [5, 5.41) is 23.0. The van der Waals surface area contributed by atoms with Crippen LogP contribution in [0.2, 0.25) is 0 Å². The van der Waals surface area contributed by atoms with Gasteiger partial charge in [-0.3, -0.25) is 0 Å². The highest BCUT2D eigenvalue weighted by molar-refractivity contribution is 8.01. The number of rotatable bonds is 8. The predicted molar refractivity (Wildman–Crippen MR) is 109 cm³/mol. The molecule has 5 nitrogen and oxygen atoms in total. The number of nitrogens with zero attached hydrogens (tertiary/aromatic N) is 2. The minimum absolute atomic E-state index is 0.281. The molecule has 1 aromatic carbocycles. The van der Waals surface area contributed by atoms with E-state index in [2.05, 4.69) is 28.5 Å². The van der Waals surface area contributed by atoms with Gasteiger partial charge in [-0.25, -0.2) is 0 Å². The highest BCUT2D eigenvalue weighted by Crippen LogP contribution is 2.29. The fourth-order valence-electron chi connectivity index (χ4n) is 3.11. The standard InChI is InChI=1S/C19H27N3O2S2/c1-13-8-9-17(14(2)10-13)24-11-16(23)12-25-19-22-21-18(26-19)20-15-6-4-3-5-7-15/h8-10,15-16,23H,3-7,11-12H2,1-2H3,(H,20,21). The number of thioether (sulfide) groups is 1. The van der Waals surface area contributed by atoms with E-state index in [9.17, 15) is 5.11 Å². The first-order valence-electron chi connectivity index (χ1n) is 9.21. The summed E-state index contributed by atoms with van der Waals surface area (Å²) in [6, 6.07) is 6.59. The number of aromatic nitrogens is 2. The predicted octanol–water partition coefficient (Wildman–Crippen LogP) is 4.43. The van der Waals surface area contributed by atoms with Crippen molar-refractivity contribution in [1.82, 2.24) is 10.2 Å². The van der Waals surface area contributed by atoms with Crippen LogP contribution in [-0.4, -0.2) is 39.8 Å². The van der Waals surface area contributed by atoms with E-state index in [0.29, 0.717) is 11.8 Å². The Morgan fingerprint density at radius 1 is 1.27 bits per heavy atom. The average molecular weight is 394 g/mol. The third-order valence-electron chi connectivity index (χ3n) is 4.50. The third-order valence-corrected chi connectivity index (χ3v) is 6.63. The molecule has 0 aliphatic heterocycles. The van der Waals surface area contributed by atoms with Gasteiger partial charge in [0, 0.05) is 11.8 Å². The molecule has 0 spiro atoms. The molecule has 0 radical (unpaired) electrons. The zero-order chi connectivity index (χ0) is 18.4. The molecule has 0 amide bonds. The van der Waals surface area contributed by atoms with Crippen molar-refractivity contribution in [1.29, 1.82) is 0 Å². The maximum atomic E-state index is 10.2. The average Bonchev–Trinajstić information content (AvgIpc) is 3.07. The third kappa shape index (κ3) is 5.86. The number of aryl methyl sites for hydroxylation is 2. The van der Waals surface area contributed by atoms with Crippen molar-refractivity contribution in [3.63, 3.8) is 0 Å². The summed E-state index contributed by atoms with van der Waals surface area (Å²) in [6.45, 7) is 4.36. The number of hydrogen-bond donors (Lipinski definition) is 2. The molecule has 142 valence electrons. The Morgan fingerprint density at radius 2 is 2.08 bits per heavy atom. The molecule has 0 saturated heterocycles. The first-order valence-corrected chi connectivity index (χ1v) is 11.0. The Bertz CT molecular complexity index is 702. The van der Waals surface area contributed by atoms with Gasteiger partial charge in [0.25, 0.3) is 0 Å². The zero-order valence-electron chi connectivity index (χ0n) is 15.4. The molecule has 1 heterocycles. The number of anilines is 1. The number of benzene rings is 1. The van der Waals surface area contributed by atoms with Gasteiger partial charge in [-0.15, -0.1) is 10.2 Å². The van der Waals surface area contributed by atoms with Gasteiger partial charge < -0.3 is 15.2 Å². The molecular formula is C19H27N3O2S2. The van der Waals surface area contributed by atoms with Gasteiger partial charge in [-0.1, -0.05) is 60.1 Å². The summed E-state index contributed by atoms with van der Waals surface area (Å²) in [7, 11) is 0. The Balaban J connectivity index is 1.40. The van der Waals surface area contributed by atoms with Crippen molar-refractivity contribution in [2.75, 3.05) is 17.7 Å². The van der Waals surface area contributed by atoms with Crippen LogP contribution in [0.4, 0.5) is 5.13 Å². The van der Waals surface area contributed by atoms with E-state index in [0.717, 1.165) is 20.8 Å². The van der Waals surface area contributed by atoms with Crippen molar-refractivity contribution < 1.29 is 9.84 Å². The van der Waals surface area contributed by atoms with E-state index < -0.39 is 6.10 Å². The van der Waals surface area contributed by atoms with E-state index >= 15 is 0 Å². The molecule has 2 N–H and O–H groups in total. The number of aliphatic hydroxyl groups is 1. The van der Waals surface area contributed by atoms with Crippen molar-refractivity contribution >= 4 is 28.2 Å². The fourth-order valence-corrected chi connectivity index (χ4v) is 4.87. The van der Waals surface area contributed by atoms with Crippen molar-refractivity contribution in [2.45, 2.75) is 62.4 Å². The largest absolute Gasteiger partial charge is 0.491 e. The minimum atomic E-state index is -0.542. The van der Waals surface area contributed by atoms with Crippen LogP contribution in [0.25, 0.3) is 0 Å². The second-order valence-electron chi connectivity index (χ2n) is 6.90. The molecule has 1 unspecified atom stereocenters. The lowest BCUT2D eigenvalue weighted by atomic mass is 9.96. The monoisotopic (exact) mass is 393 g/mol. The molecule has 26 heavy (non-hydrogen) atoms. The van der Waals surface area contributed by atoms with Crippen LogP contribution in [0.5, 0.6) is 5.75 Å². The fraction of sp³-hybridized carbons (Fsp3) is 0.579. The van der Waals surface area contributed by atoms with Crippen LogP contribution in [-0.2, 0) is 0 Å². The van der Waals surface area contributed by atoms with E-state index in [-0.39, 0.29) is 6.61 Å². The van der Waals surface area contributed by atoms with Gasteiger partial charge >= 0.3 is 0 Å². The van der Waals surface area contributed by atoms with E-state index in [1.54, 1.807) is 11.3 Å². The second kappa shape index (κ2) is 9.58. The van der Waals surface area contributed by atoms with Crippen LogP contribution < -0.4 is 10.1 Å². The first kappa shape index (κ1) is 19.5. The summed E-state index contributed by atoms with van der Waals surface area (Å²) in [5.41, 5.74) is 2.30. The molecule has 1 atom stereocenters. The molecule has 1 saturated carbocycles. The lowest BCUT2D eigenvalue weighted by molar-refractivity contribution is 0.126. The Morgan fingerprint density at radius 3 is 2.85 bits per heavy atom. The van der Waals surface area contributed by atoms with Crippen LogP contribution >= 0.6 is 23.1 Å². The maximum Gasteiger partial charge on any atom is 0.206 e. The highest BCUT2D eigenvalue weighted by atomic mass is 32.2. The number of hydrogen-bond acceptors (Lipinski definition) is 7. The molecule has 3 rings (SSSR count). The zero-order valence-corrected chi connectivity index (χ0v) is 17.0. The van der Waals surface area contributed by atoms with E-state index in [4.69, 9.17) is 4.74 Å². The topological polar surface area (TPSA) is 67.3 Å². The molecule has 1 aliphatic carbocycles. The minimum Gasteiger partial charge on any atom is -0.491 e. The number of ether oxygens (including phenoxy) is 1. The molecule has 2 aromatic rings. The van der Waals surface area contributed by atoms with E-state index in [1.165, 1.54) is 49.4 Å². The lowest BCUT2D eigenvalue weighted by Crippen LogP contribution is -2.21. The van der Waals surface area contributed by atoms with Crippen LogP contribution in [0.15, 0.2) is 22.5 Å². The summed E-state index contributed by atoms with van der Waals surface area (Å²) in [4.78, 5) is 0. The van der Waals surface area contributed by atoms with Crippen molar-refractivity contribution in [3.05, 3.63) is 29.3 Å². The summed E-state index contributed by atoms with van der Waals surface area (Å²) >= 11 is 3.09. The van der Waals surface area contributed by atoms with Crippen molar-refractivity contribution in [2.24, 2.45) is 0 Å². The second-order valence-corrected chi connectivity index (χ2v) is 9.14. The normalized spacial score (nSPS) is 16.4. The van der Waals surface area contributed by atoms with Gasteiger partial charge in [0.15, 0.2) is 4.34 Å². The Hall–Kier alpha value is -1.31. The smallest absolute Gasteiger partial charge is 0.206 e. The molecule has 0 bridgehead atoms. The van der Waals surface area contributed by atoms with Gasteiger partial charge in [0.2, 0.25) is 5.13 Å². The summed E-state index contributed by atoms with van der Waals surface area (Å²) < 4.78 is 6.62. The first-order chi connectivity index (χ1) is 12.6. The van der Waals surface area contributed by atoms with E-state index in [1.807, 2.05) is 19.1 Å². The number of aliphatic hydroxyl groups excluding tert-OH is 1. The SMILES string of the molecule is Cc1ccc(OCC(O)CSc2nnc(NC3CCCCC3)s2)c(C)c1. The Labute approximate surface area is 163 Å². The quantitative estimate of drug-likeness (QED) is 0.647. The van der Waals surface area contributed by atoms with Crippen molar-refractivity contribution in [3.8, 4) is 5.75 Å². The molecular weight excluding hydrogens is 366 g/mol. The van der Waals surface area contributed by atoms with Gasteiger partial charge in [-0.2, -0.15) is 0 Å².